The van der Waals surface area contributed by atoms with Gasteiger partial charge in [-0.25, -0.2) is 4.79 Å². The quantitative estimate of drug-likeness (QED) is 0.654. The number of anilines is 1. The van der Waals surface area contributed by atoms with E-state index in [1.807, 2.05) is 25.7 Å². The zero-order valence-electron chi connectivity index (χ0n) is 11.5. The molecular formula is C13H18N2O4. The Morgan fingerprint density at radius 1 is 1.37 bits per heavy atom. The molecule has 0 heterocycles. The summed E-state index contributed by atoms with van der Waals surface area (Å²) in [5.74, 6) is -0.830. The van der Waals surface area contributed by atoms with Crippen LogP contribution in [0.4, 0.5) is 11.4 Å². The first-order chi connectivity index (χ1) is 8.75. The van der Waals surface area contributed by atoms with Gasteiger partial charge in [0.05, 0.1) is 16.2 Å². The molecule has 0 amide bonds. The van der Waals surface area contributed by atoms with Crippen LogP contribution in [0.2, 0.25) is 0 Å². The molecule has 0 saturated carbocycles. The lowest BCUT2D eigenvalue weighted by Gasteiger charge is -2.30. The van der Waals surface area contributed by atoms with Gasteiger partial charge in [-0.3, -0.25) is 10.1 Å². The van der Waals surface area contributed by atoms with Crippen LogP contribution in [0, 0.1) is 16.0 Å². The number of nitrogens with zero attached hydrogens (tertiary/aromatic N) is 2. The SMILES string of the molecule is CC(C)C(C)N(C)c1ccc([N+](=O)[O-])cc1C(=O)O. The first-order valence-electron chi connectivity index (χ1n) is 6.00. The Morgan fingerprint density at radius 3 is 2.37 bits per heavy atom. The van der Waals surface area contributed by atoms with Gasteiger partial charge in [0, 0.05) is 25.2 Å². The normalized spacial score (nSPS) is 12.3. The van der Waals surface area contributed by atoms with Crippen LogP contribution in [0.15, 0.2) is 18.2 Å². The summed E-state index contributed by atoms with van der Waals surface area (Å²) in [5, 5.41) is 19.9. The highest BCUT2D eigenvalue weighted by molar-refractivity contribution is 5.95. The molecule has 0 saturated heterocycles. The molecule has 1 aromatic rings. The van der Waals surface area contributed by atoms with E-state index in [1.165, 1.54) is 12.1 Å². The number of aromatic carboxylic acids is 1. The third-order valence-electron chi connectivity index (χ3n) is 3.38. The molecule has 1 N–H and O–H groups in total. The maximum absolute atomic E-state index is 11.2. The maximum Gasteiger partial charge on any atom is 0.338 e. The summed E-state index contributed by atoms with van der Waals surface area (Å²) in [4.78, 5) is 23.2. The van der Waals surface area contributed by atoms with Crippen molar-refractivity contribution in [3.8, 4) is 0 Å². The minimum Gasteiger partial charge on any atom is -0.478 e. The van der Waals surface area contributed by atoms with Gasteiger partial charge >= 0.3 is 5.97 Å². The second-order valence-electron chi connectivity index (χ2n) is 4.86. The summed E-state index contributed by atoms with van der Waals surface area (Å²) in [6.45, 7) is 6.05. The minimum absolute atomic E-state index is 0.0517. The molecule has 1 rings (SSSR count). The van der Waals surface area contributed by atoms with Gasteiger partial charge < -0.3 is 10.0 Å². The molecule has 1 aromatic carbocycles. The van der Waals surface area contributed by atoms with Crippen molar-refractivity contribution in [2.24, 2.45) is 5.92 Å². The molecular weight excluding hydrogens is 248 g/mol. The number of rotatable bonds is 5. The molecule has 1 unspecified atom stereocenters. The Labute approximate surface area is 111 Å². The molecule has 0 bridgehead atoms. The van der Waals surface area contributed by atoms with E-state index < -0.39 is 10.9 Å². The summed E-state index contributed by atoms with van der Waals surface area (Å²) in [7, 11) is 1.79. The number of carbonyl (C=O) groups is 1. The van der Waals surface area contributed by atoms with Crippen molar-refractivity contribution in [1.82, 2.24) is 0 Å². The number of benzene rings is 1. The second-order valence-corrected chi connectivity index (χ2v) is 4.86. The monoisotopic (exact) mass is 266 g/mol. The lowest BCUT2D eigenvalue weighted by atomic mass is 10.0. The van der Waals surface area contributed by atoms with Crippen LogP contribution in [0.1, 0.15) is 31.1 Å². The predicted octanol–water partition coefficient (Wildman–Crippen LogP) is 2.77. The van der Waals surface area contributed by atoms with Gasteiger partial charge in [-0.1, -0.05) is 13.8 Å². The first-order valence-corrected chi connectivity index (χ1v) is 6.00. The van der Waals surface area contributed by atoms with Crippen molar-refractivity contribution < 1.29 is 14.8 Å². The number of hydrogen-bond acceptors (Lipinski definition) is 4. The minimum atomic E-state index is -1.17. The fourth-order valence-electron chi connectivity index (χ4n) is 1.78. The van der Waals surface area contributed by atoms with Crippen LogP contribution in [-0.4, -0.2) is 29.1 Å². The summed E-state index contributed by atoms with van der Waals surface area (Å²) in [5.41, 5.74) is 0.218. The Morgan fingerprint density at radius 2 is 1.95 bits per heavy atom. The van der Waals surface area contributed by atoms with Crippen LogP contribution in [0.25, 0.3) is 0 Å². The Bertz CT molecular complexity index is 499. The zero-order valence-corrected chi connectivity index (χ0v) is 11.5. The van der Waals surface area contributed by atoms with E-state index >= 15 is 0 Å². The number of non-ortho nitro benzene ring substituents is 1. The van der Waals surface area contributed by atoms with E-state index in [2.05, 4.69) is 0 Å². The molecule has 0 aliphatic rings. The fourth-order valence-corrected chi connectivity index (χ4v) is 1.78. The van der Waals surface area contributed by atoms with Gasteiger partial charge in [-0.05, 0) is 18.9 Å². The maximum atomic E-state index is 11.2. The molecule has 19 heavy (non-hydrogen) atoms. The zero-order chi connectivity index (χ0) is 14.7. The highest BCUT2D eigenvalue weighted by atomic mass is 16.6. The van der Waals surface area contributed by atoms with E-state index in [-0.39, 0.29) is 17.3 Å². The summed E-state index contributed by atoms with van der Waals surface area (Å²) in [6, 6.07) is 4.03. The van der Waals surface area contributed by atoms with Crippen LogP contribution < -0.4 is 4.90 Å². The van der Waals surface area contributed by atoms with Gasteiger partial charge in [0.2, 0.25) is 0 Å². The molecule has 6 heteroatoms. The molecule has 6 nitrogen and oxygen atoms in total. The van der Waals surface area contributed by atoms with Gasteiger partial charge in [0.15, 0.2) is 0 Å². The van der Waals surface area contributed by atoms with Crippen LogP contribution >= 0.6 is 0 Å². The number of nitro groups is 1. The Balaban J connectivity index is 3.27. The largest absolute Gasteiger partial charge is 0.478 e. The number of carboxylic acids is 1. The summed E-state index contributed by atoms with van der Waals surface area (Å²) in [6.07, 6.45) is 0. The van der Waals surface area contributed by atoms with Crippen molar-refractivity contribution in [3.05, 3.63) is 33.9 Å². The average Bonchev–Trinajstić information content (AvgIpc) is 2.35. The van der Waals surface area contributed by atoms with Gasteiger partial charge in [0.25, 0.3) is 5.69 Å². The molecule has 1 atom stereocenters. The summed E-state index contributed by atoms with van der Waals surface area (Å²) < 4.78 is 0. The van der Waals surface area contributed by atoms with E-state index in [1.54, 1.807) is 7.05 Å². The van der Waals surface area contributed by atoms with Gasteiger partial charge in [-0.2, -0.15) is 0 Å². The first kappa shape index (κ1) is 14.9. The van der Waals surface area contributed by atoms with Crippen molar-refractivity contribution in [1.29, 1.82) is 0 Å². The molecule has 0 fully saturated rings. The topological polar surface area (TPSA) is 83.7 Å². The van der Waals surface area contributed by atoms with Gasteiger partial charge in [0.1, 0.15) is 0 Å². The third kappa shape index (κ3) is 3.21. The van der Waals surface area contributed by atoms with Crippen molar-refractivity contribution >= 4 is 17.3 Å². The van der Waals surface area contributed by atoms with Crippen LogP contribution in [0.5, 0.6) is 0 Å². The van der Waals surface area contributed by atoms with Gasteiger partial charge in [-0.15, -0.1) is 0 Å². The van der Waals surface area contributed by atoms with E-state index in [4.69, 9.17) is 0 Å². The highest BCUT2D eigenvalue weighted by Crippen LogP contribution is 2.27. The fraction of sp³-hybridized carbons (Fsp3) is 0.462. The number of carboxylic acid groups (broad SMARTS) is 1. The van der Waals surface area contributed by atoms with Crippen molar-refractivity contribution in [2.75, 3.05) is 11.9 Å². The molecule has 0 aliphatic carbocycles. The standard InChI is InChI=1S/C13H18N2O4/c1-8(2)9(3)14(4)12-6-5-10(15(18)19)7-11(12)13(16)17/h5-9H,1-4H3,(H,16,17). The number of hydrogen-bond donors (Lipinski definition) is 1. The molecule has 104 valence electrons. The lowest BCUT2D eigenvalue weighted by molar-refractivity contribution is -0.384. The van der Waals surface area contributed by atoms with Crippen LogP contribution in [-0.2, 0) is 0 Å². The molecule has 0 aliphatic heterocycles. The summed E-state index contributed by atoms with van der Waals surface area (Å²) >= 11 is 0. The molecule has 0 spiro atoms. The molecule has 0 aromatic heterocycles. The third-order valence-corrected chi connectivity index (χ3v) is 3.38. The van der Waals surface area contributed by atoms with Crippen molar-refractivity contribution in [3.63, 3.8) is 0 Å². The van der Waals surface area contributed by atoms with Crippen molar-refractivity contribution in [2.45, 2.75) is 26.8 Å². The number of nitro benzene ring substituents is 1. The Hall–Kier alpha value is -2.11. The van der Waals surface area contributed by atoms with E-state index in [9.17, 15) is 20.0 Å². The average molecular weight is 266 g/mol. The van der Waals surface area contributed by atoms with Crippen LogP contribution in [0.3, 0.4) is 0 Å². The van der Waals surface area contributed by atoms with E-state index in [0.717, 1.165) is 6.07 Å². The molecule has 0 radical (unpaired) electrons. The highest BCUT2D eigenvalue weighted by Gasteiger charge is 2.22. The smallest absolute Gasteiger partial charge is 0.338 e. The Kier molecular flexibility index (Phi) is 4.47. The predicted molar refractivity (Wildman–Crippen MR) is 72.8 cm³/mol. The van der Waals surface area contributed by atoms with E-state index in [0.29, 0.717) is 11.6 Å². The second kappa shape index (κ2) is 5.69. The lowest BCUT2D eigenvalue weighted by Crippen LogP contribution is -2.34.